The number of amides is 2. The van der Waals surface area contributed by atoms with Gasteiger partial charge in [-0.3, -0.25) is 9.59 Å². The second kappa shape index (κ2) is 9.90. The summed E-state index contributed by atoms with van der Waals surface area (Å²) < 4.78 is 0. The van der Waals surface area contributed by atoms with E-state index >= 15 is 0 Å². The van der Waals surface area contributed by atoms with Gasteiger partial charge >= 0.3 is 0 Å². The topological polar surface area (TPSA) is 58.2 Å². The molecule has 2 N–H and O–H groups in total. The van der Waals surface area contributed by atoms with Gasteiger partial charge in [-0.15, -0.1) is 11.8 Å². The minimum absolute atomic E-state index is 0.0661. The van der Waals surface area contributed by atoms with Gasteiger partial charge in [0.2, 0.25) is 5.91 Å². The molecule has 4 rings (SSSR count). The van der Waals surface area contributed by atoms with Gasteiger partial charge in [0, 0.05) is 26.9 Å². The first-order chi connectivity index (χ1) is 15.5. The van der Waals surface area contributed by atoms with E-state index in [2.05, 4.69) is 10.6 Å². The molecular weight excluding hydrogens is 440 g/mol. The van der Waals surface area contributed by atoms with Crippen molar-refractivity contribution in [3.8, 4) is 0 Å². The van der Waals surface area contributed by atoms with Crippen LogP contribution in [0, 0.1) is 0 Å². The highest BCUT2D eigenvalue weighted by Crippen LogP contribution is 2.26. The number of anilines is 2. The molecule has 2 amide bonds. The number of benzene rings is 4. The monoisotopic (exact) mass is 460 g/mol. The number of rotatable bonds is 6. The molecule has 1 unspecified atom stereocenters. The third kappa shape index (κ3) is 5.49. The summed E-state index contributed by atoms with van der Waals surface area (Å²) in [5.74, 6) is -0.292. The van der Waals surface area contributed by atoms with Crippen molar-refractivity contribution >= 4 is 57.3 Å². The van der Waals surface area contributed by atoms with Gasteiger partial charge in [-0.1, -0.05) is 48.0 Å². The molecule has 0 aliphatic carbocycles. The van der Waals surface area contributed by atoms with E-state index < -0.39 is 0 Å². The minimum atomic E-state index is -0.284. The minimum Gasteiger partial charge on any atom is -0.325 e. The molecule has 160 valence electrons. The molecule has 4 aromatic rings. The van der Waals surface area contributed by atoms with E-state index in [1.54, 1.807) is 24.3 Å². The third-order valence-corrected chi connectivity index (χ3v) is 6.25. The highest BCUT2D eigenvalue weighted by molar-refractivity contribution is 8.00. The average Bonchev–Trinajstić information content (AvgIpc) is 2.80. The molecule has 4 aromatic carbocycles. The van der Waals surface area contributed by atoms with Crippen LogP contribution in [-0.4, -0.2) is 17.1 Å². The van der Waals surface area contributed by atoms with Crippen LogP contribution in [0.5, 0.6) is 0 Å². The van der Waals surface area contributed by atoms with E-state index in [1.807, 2.05) is 73.7 Å². The number of nitrogens with one attached hydrogen (secondary N) is 2. The van der Waals surface area contributed by atoms with E-state index in [9.17, 15) is 9.59 Å². The maximum atomic E-state index is 12.6. The number of hydrogen-bond donors (Lipinski definition) is 2. The number of fused-ring (bicyclic) bond motifs is 1. The van der Waals surface area contributed by atoms with Crippen LogP contribution in [0.1, 0.15) is 17.3 Å². The van der Waals surface area contributed by atoms with E-state index in [-0.39, 0.29) is 17.1 Å². The van der Waals surface area contributed by atoms with Crippen molar-refractivity contribution in [3.05, 3.63) is 102 Å². The summed E-state index contributed by atoms with van der Waals surface area (Å²) in [6.45, 7) is 1.87. The van der Waals surface area contributed by atoms with Crippen molar-refractivity contribution in [3.63, 3.8) is 0 Å². The first-order valence-corrected chi connectivity index (χ1v) is 11.4. The van der Waals surface area contributed by atoms with Gasteiger partial charge in [0.25, 0.3) is 5.91 Å². The van der Waals surface area contributed by atoms with Crippen LogP contribution >= 0.6 is 23.4 Å². The van der Waals surface area contributed by atoms with Crippen molar-refractivity contribution in [2.75, 3.05) is 10.6 Å². The first-order valence-electron chi connectivity index (χ1n) is 10.1. The fraction of sp³-hybridized carbons (Fsp3) is 0.0769. The zero-order chi connectivity index (χ0) is 22.5. The van der Waals surface area contributed by atoms with Crippen molar-refractivity contribution < 1.29 is 9.59 Å². The molecule has 6 heteroatoms. The molecule has 0 saturated heterocycles. The van der Waals surface area contributed by atoms with E-state index in [0.29, 0.717) is 16.3 Å². The predicted molar refractivity (Wildman–Crippen MR) is 134 cm³/mol. The van der Waals surface area contributed by atoms with Gasteiger partial charge in [-0.05, 0) is 72.3 Å². The molecule has 32 heavy (non-hydrogen) atoms. The molecule has 0 bridgehead atoms. The Balaban J connectivity index is 1.34. The Morgan fingerprint density at radius 2 is 1.50 bits per heavy atom. The van der Waals surface area contributed by atoms with Gasteiger partial charge in [0.1, 0.15) is 0 Å². The zero-order valence-electron chi connectivity index (χ0n) is 17.3. The molecule has 0 aromatic heterocycles. The normalized spacial score (nSPS) is 11.7. The summed E-state index contributed by atoms with van der Waals surface area (Å²) in [6, 6.07) is 28.1. The molecule has 1 atom stereocenters. The second-order valence-electron chi connectivity index (χ2n) is 7.30. The maximum Gasteiger partial charge on any atom is 0.255 e. The Kier molecular flexibility index (Phi) is 6.78. The number of halogens is 1. The molecule has 4 nitrogen and oxygen atoms in total. The second-order valence-corrected chi connectivity index (χ2v) is 9.15. The summed E-state index contributed by atoms with van der Waals surface area (Å²) in [5, 5.41) is 8.29. The number of thioether (sulfide) groups is 1. The lowest BCUT2D eigenvalue weighted by Gasteiger charge is -2.13. The summed E-state index contributed by atoms with van der Waals surface area (Å²) in [4.78, 5) is 25.9. The lowest BCUT2D eigenvalue weighted by molar-refractivity contribution is -0.115. The first kappa shape index (κ1) is 21.9. The number of hydrogen-bond acceptors (Lipinski definition) is 3. The lowest BCUT2D eigenvalue weighted by atomic mass is 10.1. The summed E-state index contributed by atoms with van der Waals surface area (Å²) in [5.41, 5.74) is 1.95. The SMILES string of the molecule is CC(Sc1ccc(NC(=O)c2cccc(Cl)c2)cc1)C(=O)Nc1ccc2ccccc2c1. The highest BCUT2D eigenvalue weighted by atomic mass is 35.5. The standard InChI is InChI=1S/C26H21ClN2O2S/c1-17(25(30)29-23-10-9-18-5-2-3-6-19(18)16-23)32-24-13-11-22(12-14-24)28-26(31)20-7-4-8-21(27)15-20/h2-17H,1H3,(H,28,31)(H,29,30). The Morgan fingerprint density at radius 1 is 0.781 bits per heavy atom. The molecule has 0 heterocycles. The fourth-order valence-electron chi connectivity index (χ4n) is 3.22. The van der Waals surface area contributed by atoms with Crippen molar-refractivity contribution in [2.24, 2.45) is 0 Å². The zero-order valence-corrected chi connectivity index (χ0v) is 18.9. The largest absolute Gasteiger partial charge is 0.325 e. The summed E-state index contributed by atoms with van der Waals surface area (Å²) >= 11 is 7.41. The molecule has 0 fully saturated rings. The van der Waals surface area contributed by atoms with E-state index in [0.717, 1.165) is 21.4 Å². The fourth-order valence-corrected chi connectivity index (χ4v) is 4.28. The quantitative estimate of drug-likeness (QED) is 0.309. The highest BCUT2D eigenvalue weighted by Gasteiger charge is 2.15. The van der Waals surface area contributed by atoms with Gasteiger partial charge in [0.15, 0.2) is 0 Å². The van der Waals surface area contributed by atoms with Crippen LogP contribution in [0.4, 0.5) is 11.4 Å². The maximum absolute atomic E-state index is 12.6. The van der Waals surface area contributed by atoms with Crippen LogP contribution in [0.15, 0.2) is 95.9 Å². The summed E-state index contributed by atoms with van der Waals surface area (Å²) in [6.07, 6.45) is 0. The Bertz CT molecular complexity index is 1270. The molecule has 0 spiro atoms. The molecule has 0 aliphatic rings. The van der Waals surface area contributed by atoms with Gasteiger partial charge in [-0.25, -0.2) is 0 Å². The van der Waals surface area contributed by atoms with Crippen LogP contribution in [0.2, 0.25) is 5.02 Å². The average molecular weight is 461 g/mol. The van der Waals surface area contributed by atoms with Gasteiger partial charge in [0.05, 0.1) is 5.25 Å². The van der Waals surface area contributed by atoms with E-state index in [1.165, 1.54) is 11.8 Å². The van der Waals surface area contributed by atoms with Crippen LogP contribution in [0.3, 0.4) is 0 Å². The summed E-state index contributed by atoms with van der Waals surface area (Å²) in [7, 11) is 0. The van der Waals surface area contributed by atoms with Gasteiger partial charge < -0.3 is 10.6 Å². The lowest BCUT2D eigenvalue weighted by Crippen LogP contribution is -2.22. The van der Waals surface area contributed by atoms with E-state index in [4.69, 9.17) is 11.6 Å². The molecule has 0 radical (unpaired) electrons. The van der Waals surface area contributed by atoms with Crippen molar-refractivity contribution in [2.45, 2.75) is 17.1 Å². The molecule has 0 aliphatic heterocycles. The predicted octanol–water partition coefficient (Wildman–Crippen LogP) is 6.86. The smallest absolute Gasteiger partial charge is 0.255 e. The van der Waals surface area contributed by atoms with Gasteiger partial charge in [-0.2, -0.15) is 0 Å². The van der Waals surface area contributed by atoms with Crippen LogP contribution in [-0.2, 0) is 4.79 Å². The Hall–Kier alpha value is -3.28. The van der Waals surface area contributed by atoms with Crippen molar-refractivity contribution in [1.29, 1.82) is 0 Å². The van der Waals surface area contributed by atoms with Crippen LogP contribution < -0.4 is 10.6 Å². The number of carbonyl (C=O) groups excluding carboxylic acids is 2. The Morgan fingerprint density at radius 3 is 2.25 bits per heavy atom. The Labute approximate surface area is 196 Å². The van der Waals surface area contributed by atoms with Crippen LogP contribution in [0.25, 0.3) is 10.8 Å². The third-order valence-electron chi connectivity index (χ3n) is 4.90. The molecular formula is C26H21ClN2O2S. The van der Waals surface area contributed by atoms with Crippen molar-refractivity contribution in [1.82, 2.24) is 0 Å². The number of carbonyl (C=O) groups is 2. The molecule has 0 saturated carbocycles.